The Kier molecular flexibility index (Phi) is 6.69. The SMILES string of the molecule is Cc1ccc2nccc(N3CCC(CCN(C)S(=O)(=O)c4ccc5c(c4)NC(=O)CS5)CC3)c2n1. The van der Waals surface area contributed by atoms with Gasteiger partial charge >= 0.3 is 0 Å². The third-order valence-corrected chi connectivity index (χ3v) is 9.73. The minimum Gasteiger partial charge on any atom is -0.370 e. The predicted molar refractivity (Wildman–Crippen MR) is 139 cm³/mol. The van der Waals surface area contributed by atoms with Gasteiger partial charge in [-0.3, -0.25) is 9.78 Å². The third-order valence-electron chi connectivity index (χ3n) is 6.80. The molecule has 2 aliphatic heterocycles. The van der Waals surface area contributed by atoms with Gasteiger partial charge in [0.2, 0.25) is 15.9 Å². The number of hydrogen-bond donors (Lipinski definition) is 1. The normalized spacial score (nSPS) is 17.0. The summed E-state index contributed by atoms with van der Waals surface area (Å²) in [6, 6.07) is 11.0. The molecule has 0 atom stereocenters. The smallest absolute Gasteiger partial charge is 0.242 e. The number of sulfonamides is 1. The first kappa shape index (κ1) is 24.0. The van der Waals surface area contributed by atoms with E-state index in [2.05, 4.69) is 15.2 Å². The number of pyridine rings is 2. The maximum atomic E-state index is 13.1. The van der Waals surface area contributed by atoms with Gasteiger partial charge in [0.15, 0.2) is 0 Å². The van der Waals surface area contributed by atoms with Crippen molar-refractivity contribution in [2.24, 2.45) is 5.92 Å². The van der Waals surface area contributed by atoms with Gasteiger partial charge < -0.3 is 10.2 Å². The van der Waals surface area contributed by atoms with Gasteiger partial charge in [-0.05, 0) is 68.5 Å². The maximum absolute atomic E-state index is 13.1. The van der Waals surface area contributed by atoms with Crippen LogP contribution in [0.2, 0.25) is 0 Å². The van der Waals surface area contributed by atoms with E-state index in [4.69, 9.17) is 4.98 Å². The van der Waals surface area contributed by atoms with E-state index in [0.717, 1.165) is 59.7 Å². The average molecular weight is 512 g/mol. The van der Waals surface area contributed by atoms with E-state index in [9.17, 15) is 13.2 Å². The lowest BCUT2D eigenvalue weighted by Crippen LogP contribution is -2.36. The van der Waals surface area contributed by atoms with Crippen molar-refractivity contribution in [3.63, 3.8) is 0 Å². The first-order valence-corrected chi connectivity index (χ1v) is 14.2. The lowest BCUT2D eigenvalue weighted by atomic mass is 9.93. The number of benzene rings is 1. The van der Waals surface area contributed by atoms with E-state index in [-0.39, 0.29) is 10.8 Å². The molecule has 1 saturated heterocycles. The van der Waals surface area contributed by atoms with Crippen molar-refractivity contribution in [1.29, 1.82) is 0 Å². The number of aromatic nitrogens is 2. The molecule has 3 aromatic rings. The highest BCUT2D eigenvalue weighted by atomic mass is 32.2. The summed E-state index contributed by atoms with van der Waals surface area (Å²) in [5.41, 5.74) is 4.51. The molecule has 10 heteroatoms. The van der Waals surface area contributed by atoms with E-state index in [1.165, 1.54) is 16.1 Å². The first-order chi connectivity index (χ1) is 16.8. The minimum absolute atomic E-state index is 0.109. The summed E-state index contributed by atoms with van der Waals surface area (Å²) < 4.78 is 27.7. The topological polar surface area (TPSA) is 95.5 Å². The molecule has 0 bridgehead atoms. The van der Waals surface area contributed by atoms with Gasteiger partial charge in [-0.1, -0.05) is 0 Å². The number of amides is 1. The molecule has 1 fully saturated rings. The number of rotatable bonds is 6. The number of hydrogen-bond acceptors (Lipinski definition) is 7. The molecule has 1 N–H and O–H groups in total. The second-order valence-electron chi connectivity index (χ2n) is 9.19. The number of thioether (sulfide) groups is 1. The van der Waals surface area contributed by atoms with Gasteiger partial charge in [0.25, 0.3) is 0 Å². The van der Waals surface area contributed by atoms with Crippen LogP contribution in [-0.4, -0.2) is 61.0 Å². The van der Waals surface area contributed by atoms with Gasteiger partial charge in [-0.2, -0.15) is 0 Å². The van der Waals surface area contributed by atoms with Crippen LogP contribution in [0.3, 0.4) is 0 Å². The fourth-order valence-corrected chi connectivity index (χ4v) is 6.71. The van der Waals surface area contributed by atoms with Crippen molar-refractivity contribution in [1.82, 2.24) is 14.3 Å². The first-order valence-electron chi connectivity index (χ1n) is 11.8. The standard InChI is InChI=1S/C25H29N5O3S2/c1-17-3-5-20-25(27-17)22(7-11-26-20)30-13-9-18(10-14-30)8-12-29(2)35(32,33)19-4-6-23-21(15-19)28-24(31)16-34-23/h3-7,11,15,18H,8-10,12-14,16H2,1-2H3,(H,28,31). The Morgan fingerprint density at radius 2 is 1.97 bits per heavy atom. The highest BCUT2D eigenvalue weighted by Crippen LogP contribution is 2.34. The Labute approximate surface area is 210 Å². The van der Waals surface area contributed by atoms with Crippen LogP contribution in [0.1, 0.15) is 25.0 Å². The Balaban J connectivity index is 1.20. The molecule has 0 aliphatic carbocycles. The fraction of sp³-hybridized carbons (Fsp3) is 0.400. The molecule has 5 rings (SSSR count). The summed E-state index contributed by atoms with van der Waals surface area (Å²) in [7, 11) is -1.99. The van der Waals surface area contributed by atoms with Crippen LogP contribution < -0.4 is 10.2 Å². The molecule has 2 aromatic heterocycles. The van der Waals surface area contributed by atoms with Crippen LogP contribution >= 0.6 is 11.8 Å². The molecule has 0 spiro atoms. The van der Waals surface area contributed by atoms with E-state index in [0.29, 0.717) is 23.9 Å². The molecule has 2 aliphatic rings. The number of nitrogens with zero attached hydrogens (tertiary/aromatic N) is 4. The van der Waals surface area contributed by atoms with E-state index < -0.39 is 10.0 Å². The monoisotopic (exact) mass is 511 g/mol. The Morgan fingerprint density at radius 1 is 1.17 bits per heavy atom. The van der Waals surface area contributed by atoms with Crippen LogP contribution in [0.15, 0.2) is 52.4 Å². The quantitative estimate of drug-likeness (QED) is 0.536. The molecular weight excluding hydrogens is 482 g/mol. The Bertz CT molecular complexity index is 1370. The van der Waals surface area contributed by atoms with E-state index in [1.807, 2.05) is 31.3 Å². The lowest BCUT2D eigenvalue weighted by molar-refractivity contribution is -0.113. The number of piperidine rings is 1. The number of nitrogens with one attached hydrogen (secondary N) is 1. The molecule has 1 aromatic carbocycles. The molecule has 0 saturated carbocycles. The van der Waals surface area contributed by atoms with Gasteiger partial charge in [0.05, 0.1) is 27.5 Å². The average Bonchev–Trinajstić information content (AvgIpc) is 2.86. The van der Waals surface area contributed by atoms with E-state index in [1.54, 1.807) is 25.2 Å². The van der Waals surface area contributed by atoms with Crippen molar-refractivity contribution in [3.05, 3.63) is 48.3 Å². The number of fused-ring (bicyclic) bond motifs is 2. The van der Waals surface area contributed by atoms with Crippen molar-refractivity contribution < 1.29 is 13.2 Å². The summed E-state index contributed by atoms with van der Waals surface area (Å²) in [5, 5.41) is 2.77. The number of carbonyl (C=O) groups excluding carboxylic acids is 1. The van der Waals surface area contributed by atoms with Crippen LogP contribution in [-0.2, 0) is 14.8 Å². The number of anilines is 2. The predicted octanol–water partition coefficient (Wildman–Crippen LogP) is 3.91. The third kappa shape index (κ3) is 5.00. The number of carbonyl (C=O) groups is 1. The second kappa shape index (κ2) is 9.75. The van der Waals surface area contributed by atoms with Crippen molar-refractivity contribution in [2.45, 2.75) is 36.0 Å². The molecule has 184 valence electrons. The molecule has 0 radical (unpaired) electrons. The van der Waals surface area contributed by atoms with Crippen LogP contribution in [0, 0.1) is 12.8 Å². The molecule has 8 nitrogen and oxygen atoms in total. The number of aryl methyl sites for hydroxylation is 1. The summed E-state index contributed by atoms with van der Waals surface area (Å²) in [6.45, 7) is 4.28. The largest absolute Gasteiger partial charge is 0.370 e. The zero-order valence-electron chi connectivity index (χ0n) is 19.9. The zero-order valence-corrected chi connectivity index (χ0v) is 21.5. The molecule has 4 heterocycles. The van der Waals surface area contributed by atoms with Crippen molar-refractivity contribution >= 4 is 50.1 Å². The van der Waals surface area contributed by atoms with Gasteiger partial charge in [0.1, 0.15) is 5.52 Å². The summed E-state index contributed by atoms with van der Waals surface area (Å²) in [6.07, 6.45) is 4.66. The molecule has 35 heavy (non-hydrogen) atoms. The van der Waals surface area contributed by atoms with Gasteiger partial charge in [-0.15, -0.1) is 11.8 Å². The molecule has 1 amide bonds. The van der Waals surface area contributed by atoms with Crippen molar-refractivity contribution in [2.75, 3.05) is 42.7 Å². The maximum Gasteiger partial charge on any atom is 0.242 e. The Morgan fingerprint density at radius 3 is 2.77 bits per heavy atom. The molecular formula is C25H29N5O3S2. The summed E-state index contributed by atoms with van der Waals surface area (Å²) in [5.74, 6) is 0.707. The van der Waals surface area contributed by atoms with E-state index >= 15 is 0 Å². The highest BCUT2D eigenvalue weighted by Gasteiger charge is 2.26. The van der Waals surface area contributed by atoms with Gasteiger partial charge in [-0.25, -0.2) is 17.7 Å². The highest BCUT2D eigenvalue weighted by molar-refractivity contribution is 8.00. The summed E-state index contributed by atoms with van der Waals surface area (Å²) >= 11 is 1.42. The van der Waals surface area contributed by atoms with Crippen LogP contribution in [0.5, 0.6) is 0 Å². The summed E-state index contributed by atoms with van der Waals surface area (Å²) in [4.78, 5) is 24.3. The Hall–Kier alpha value is -2.69. The fourth-order valence-electron chi connectivity index (χ4n) is 4.71. The second-order valence-corrected chi connectivity index (χ2v) is 12.3. The van der Waals surface area contributed by atoms with Crippen LogP contribution in [0.4, 0.5) is 11.4 Å². The van der Waals surface area contributed by atoms with Gasteiger partial charge in [0, 0.05) is 43.5 Å². The van der Waals surface area contributed by atoms with Crippen LogP contribution in [0.25, 0.3) is 11.0 Å². The lowest BCUT2D eigenvalue weighted by Gasteiger charge is -2.34. The zero-order chi connectivity index (χ0) is 24.6. The molecule has 0 unspecified atom stereocenters. The minimum atomic E-state index is -3.63. The van der Waals surface area contributed by atoms with Crippen molar-refractivity contribution in [3.8, 4) is 0 Å².